The molecule has 1 heterocycles. The Hall–Kier alpha value is -2.53. The average molecular weight is 373 g/mol. The molecule has 1 saturated heterocycles. The lowest BCUT2D eigenvalue weighted by Crippen LogP contribution is -2.34. The van der Waals surface area contributed by atoms with Crippen LogP contribution in [0.25, 0.3) is 0 Å². The lowest BCUT2D eigenvalue weighted by Gasteiger charge is -2.20. The summed E-state index contributed by atoms with van der Waals surface area (Å²) in [7, 11) is 1.57. The molecule has 2 amide bonds. The number of carbonyl (C=O) groups excluding carboxylic acids is 2. The number of nitrogens with one attached hydrogen (secondary N) is 1. The number of hydrogen-bond acceptors (Lipinski definition) is 3. The molecule has 2 aromatic rings. The SMILES string of the molecule is COc1ccccc1N1CC(C(=O)NC(C)c2ccc(Cl)cc2)CC1=O. The van der Waals surface area contributed by atoms with E-state index in [9.17, 15) is 9.59 Å². The highest BCUT2D eigenvalue weighted by Crippen LogP contribution is 2.33. The van der Waals surface area contributed by atoms with Gasteiger partial charge in [0.15, 0.2) is 0 Å². The van der Waals surface area contributed by atoms with Crippen LogP contribution in [-0.4, -0.2) is 25.5 Å². The molecule has 0 radical (unpaired) electrons. The molecule has 1 aliphatic heterocycles. The van der Waals surface area contributed by atoms with Crippen molar-refractivity contribution in [2.24, 2.45) is 5.92 Å². The van der Waals surface area contributed by atoms with Crippen molar-refractivity contribution >= 4 is 29.1 Å². The third kappa shape index (κ3) is 3.83. The first-order chi connectivity index (χ1) is 12.5. The zero-order valence-electron chi connectivity index (χ0n) is 14.7. The van der Waals surface area contributed by atoms with Gasteiger partial charge in [-0.05, 0) is 36.8 Å². The van der Waals surface area contributed by atoms with Crippen molar-refractivity contribution in [3.63, 3.8) is 0 Å². The van der Waals surface area contributed by atoms with E-state index in [1.54, 1.807) is 30.2 Å². The minimum atomic E-state index is -0.387. The van der Waals surface area contributed by atoms with E-state index in [2.05, 4.69) is 5.32 Å². The molecule has 1 fully saturated rings. The smallest absolute Gasteiger partial charge is 0.227 e. The topological polar surface area (TPSA) is 58.6 Å². The fourth-order valence-corrected chi connectivity index (χ4v) is 3.26. The van der Waals surface area contributed by atoms with Gasteiger partial charge in [0.05, 0.1) is 24.8 Å². The Morgan fingerprint density at radius 3 is 2.62 bits per heavy atom. The molecule has 5 nitrogen and oxygen atoms in total. The van der Waals surface area contributed by atoms with Gasteiger partial charge in [-0.15, -0.1) is 0 Å². The molecule has 0 aliphatic carbocycles. The number of amides is 2. The highest BCUT2D eigenvalue weighted by atomic mass is 35.5. The molecule has 1 N–H and O–H groups in total. The van der Waals surface area contributed by atoms with Crippen LogP contribution < -0.4 is 15.0 Å². The number of carbonyl (C=O) groups is 2. The Kier molecular flexibility index (Phi) is 5.47. The van der Waals surface area contributed by atoms with Crippen LogP contribution in [0.4, 0.5) is 5.69 Å². The van der Waals surface area contributed by atoms with Gasteiger partial charge < -0.3 is 15.0 Å². The largest absolute Gasteiger partial charge is 0.495 e. The third-order valence-electron chi connectivity index (χ3n) is 4.60. The summed E-state index contributed by atoms with van der Waals surface area (Å²) in [5, 5.41) is 3.64. The number of halogens is 1. The Morgan fingerprint density at radius 2 is 1.92 bits per heavy atom. The predicted octanol–water partition coefficient (Wildman–Crippen LogP) is 3.58. The number of methoxy groups -OCH3 is 1. The van der Waals surface area contributed by atoms with Gasteiger partial charge in [0.1, 0.15) is 5.75 Å². The van der Waals surface area contributed by atoms with Crippen LogP contribution in [0, 0.1) is 5.92 Å². The first-order valence-corrected chi connectivity index (χ1v) is 8.86. The molecule has 136 valence electrons. The van der Waals surface area contributed by atoms with Crippen LogP contribution in [0.3, 0.4) is 0 Å². The van der Waals surface area contributed by atoms with Crippen molar-refractivity contribution in [2.75, 3.05) is 18.6 Å². The quantitative estimate of drug-likeness (QED) is 0.872. The maximum Gasteiger partial charge on any atom is 0.227 e. The number of rotatable bonds is 5. The summed E-state index contributed by atoms with van der Waals surface area (Å²) < 4.78 is 5.33. The highest BCUT2D eigenvalue weighted by molar-refractivity contribution is 6.30. The van der Waals surface area contributed by atoms with E-state index in [0.29, 0.717) is 23.0 Å². The van der Waals surface area contributed by atoms with Crippen LogP contribution >= 0.6 is 11.6 Å². The summed E-state index contributed by atoms with van der Waals surface area (Å²) >= 11 is 5.90. The first-order valence-electron chi connectivity index (χ1n) is 8.49. The number of para-hydroxylation sites is 2. The van der Waals surface area contributed by atoms with E-state index in [1.165, 1.54) is 0 Å². The average Bonchev–Trinajstić information content (AvgIpc) is 3.04. The van der Waals surface area contributed by atoms with Gasteiger partial charge in [-0.25, -0.2) is 0 Å². The molecule has 26 heavy (non-hydrogen) atoms. The van der Waals surface area contributed by atoms with Gasteiger partial charge in [0, 0.05) is 18.0 Å². The monoisotopic (exact) mass is 372 g/mol. The minimum absolute atomic E-state index is 0.0752. The fraction of sp³-hybridized carbons (Fsp3) is 0.300. The second kappa shape index (κ2) is 7.79. The van der Waals surface area contributed by atoms with Gasteiger partial charge in [-0.3, -0.25) is 9.59 Å². The summed E-state index contributed by atoms with van der Waals surface area (Å²) in [6.45, 7) is 2.26. The minimum Gasteiger partial charge on any atom is -0.495 e. The zero-order valence-corrected chi connectivity index (χ0v) is 15.5. The van der Waals surface area contributed by atoms with E-state index in [-0.39, 0.29) is 30.2 Å². The van der Waals surface area contributed by atoms with Crippen molar-refractivity contribution in [1.29, 1.82) is 0 Å². The number of benzene rings is 2. The van der Waals surface area contributed by atoms with E-state index >= 15 is 0 Å². The van der Waals surface area contributed by atoms with Crippen LogP contribution in [0.1, 0.15) is 24.9 Å². The highest BCUT2D eigenvalue weighted by Gasteiger charge is 2.36. The second-order valence-corrected chi connectivity index (χ2v) is 6.80. The molecule has 0 aromatic heterocycles. The summed E-state index contributed by atoms with van der Waals surface area (Å²) in [6, 6.07) is 14.5. The maximum absolute atomic E-state index is 12.6. The van der Waals surface area contributed by atoms with E-state index in [1.807, 2.05) is 37.3 Å². The summed E-state index contributed by atoms with van der Waals surface area (Å²) in [4.78, 5) is 26.7. The van der Waals surface area contributed by atoms with Gasteiger partial charge in [-0.2, -0.15) is 0 Å². The molecule has 6 heteroatoms. The lowest BCUT2D eigenvalue weighted by molar-refractivity contribution is -0.126. The Morgan fingerprint density at radius 1 is 1.23 bits per heavy atom. The zero-order chi connectivity index (χ0) is 18.7. The van der Waals surface area contributed by atoms with Gasteiger partial charge in [0.25, 0.3) is 0 Å². The van der Waals surface area contributed by atoms with Crippen LogP contribution in [-0.2, 0) is 9.59 Å². The third-order valence-corrected chi connectivity index (χ3v) is 4.85. The van der Waals surface area contributed by atoms with Crippen molar-refractivity contribution in [3.8, 4) is 5.75 Å². The molecule has 2 unspecified atom stereocenters. The van der Waals surface area contributed by atoms with Crippen molar-refractivity contribution in [1.82, 2.24) is 5.32 Å². The Bertz CT molecular complexity index is 807. The molecule has 2 aromatic carbocycles. The van der Waals surface area contributed by atoms with Crippen LogP contribution in [0.15, 0.2) is 48.5 Å². The van der Waals surface area contributed by atoms with Gasteiger partial charge >= 0.3 is 0 Å². The molecular formula is C20H21ClN2O3. The molecular weight excluding hydrogens is 352 g/mol. The normalized spacial score (nSPS) is 17.9. The summed E-state index contributed by atoms with van der Waals surface area (Å²) in [5.74, 6) is 0.0330. The molecule has 0 saturated carbocycles. The maximum atomic E-state index is 12.6. The first kappa shape index (κ1) is 18.3. The number of hydrogen-bond donors (Lipinski definition) is 1. The van der Waals surface area contributed by atoms with E-state index in [0.717, 1.165) is 5.56 Å². The molecule has 1 aliphatic rings. The Balaban J connectivity index is 1.68. The fourth-order valence-electron chi connectivity index (χ4n) is 3.13. The molecule has 2 atom stereocenters. The molecule has 0 spiro atoms. The second-order valence-electron chi connectivity index (χ2n) is 6.36. The Labute approximate surface area is 157 Å². The van der Waals surface area contributed by atoms with E-state index in [4.69, 9.17) is 16.3 Å². The van der Waals surface area contributed by atoms with Gasteiger partial charge in [-0.1, -0.05) is 35.9 Å². The molecule has 3 rings (SSSR count). The van der Waals surface area contributed by atoms with Crippen molar-refractivity contribution in [2.45, 2.75) is 19.4 Å². The van der Waals surface area contributed by atoms with Gasteiger partial charge in [0.2, 0.25) is 11.8 Å². The molecule has 0 bridgehead atoms. The summed E-state index contributed by atoms with van der Waals surface area (Å²) in [5.41, 5.74) is 1.66. The lowest BCUT2D eigenvalue weighted by atomic mass is 10.1. The number of anilines is 1. The van der Waals surface area contributed by atoms with Crippen molar-refractivity contribution < 1.29 is 14.3 Å². The van der Waals surface area contributed by atoms with Crippen LogP contribution in [0.2, 0.25) is 5.02 Å². The predicted molar refractivity (Wildman–Crippen MR) is 101 cm³/mol. The van der Waals surface area contributed by atoms with E-state index < -0.39 is 0 Å². The van der Waals surface area contributed by atoms with Crippen LogP contribution in [0.5, 0.6) is 5.75 Å². The number of nitrogens with zero attached hydrogens (tertiary/aromatic N) is 1. The number of ether oxygens (including phenoxy) is 1. The van der Waals surface area contributed by atoms with Crippen molar-refractivity contribution in [3.05, 3.63) is 59.1 Å². The summed E-state index contributed by atoms with van der Waals surface area (Å²) in [6.07, 6.45) is 0.192. The standard InChI is InChI=1S/C20H21ClN2O3/c1-13(14-7-9-16(21)10-8-14)22-20(25)15-11-19(24)23(12-15)17-5-3-4-6-18(17)26-2/h3-10,13,15H,11-12H2,1-2H3,(H,22,25).